The van der Waals surface area contributed by atoms with Crippen molar-refractivity contribution in [2.45, 2.75) is 52.4 Å². The minimum atomic E-state index is -0.299. The van der Waals surface area contributed by atoms with Gasteiger partial charge in [0.15, 0.2) is 0 Å². The van der Waals surface area contributed by atoms with Crippen molar-refractivity contribution in [1.82, 2.24) is 0 Å². The number of ether oxygens (including phenoxy) is 1. The Hall–Kier alpha value is -0.790. The van der Waals surface area contributed by atoms with E-state index in [9.17, 15) is 4.79 Å². The molecule has 0 saturated heterocycles. The third-order valence-electron chi connectivity index (χ3n) is 2.54. The molecule has 88 valence electrons. The van der Waals surface area contributed by atoms with Gasteiger partial charge in [0.05, 0.1) is 6.61 Å². The van der Waals surface area contributed by atoms with E-state index in [1.165, 1.54) is 31.8 Å². The summed E-state index contributed by atoms with van der Waals surface area (Å²) in [5.41, 5.74) is 0. The fraction of sp³-hybridized carbons (Fsp3) is 0.769. The normalized spacial score (nSPS) is 12.1. The quantitative estimate of drug-likeness (QED) is 0.331. The predicted molar refractivity (Wildman–Crippen MR) is 63.7 cm³/mol. The van der Waals surface area contributed by atoms with Gasteiger partial charge in [-0.1, -0.05) is 46.1 Å². The van der Waals surface area contributed by atoms with Crippen LogP contribution >= 0.6 is 0 Å². The van der Waals surface area contributed by atoms with E-state index in [1.807, 2.05) is 0 Å². The van der Waals surface area contributed by atoms with Crippen LogP contribution in [0, 0.1) is 5.92 Å². The minimum absolute atomic E-state index is 0.299. The van der Waals surface area contributed by atoms with Crippen LogP contribution in [0.4, 0.5) is 0 Å². The zero-order chi connectivity index (χ0) is 11.5. The van der Waals surface area contributed by atoms with Gasteiger partial charge in [-0.3, -0.25) is 0 Å². The van der Waals surface area contributed by atoms with Crippen LogP contribution in [0.25, 0.3) is 0 Å². The van der Waals surface area contributed by atoms with E-state index in [0.29, 0.717) is 12.5 Å². The molecule has 0 heterocycles. The highest BCUT2D eigenvalue weighted by molar-refractivity contribution is 5.81. The monoisotopic (exact) mass is 212 g/mol. The van der Waals surface area contributed by atoms with E-state index in [4.69, 9.17) is 4.74 Å². The summed E-state index contributed by atoms with van der Waals surface area (Å²) in [6, 6.07) is 0. The second-order valence-corrected chi connectivity index (χ2v) is 3.98. The molecular weight excluding hydrogens is 188 g/mol. The third kappa shape index (κ3) is 8.22. The lowest BCUT2D eigenvalue weighted by Gasteiger charge is -2.15. The van der Waals surface area contributed by atoms with Crippen LogP contribution in [0.5, 0.6) is 0 Å². The molecule has 0 amide bonds. The van der Waals surface area contributed by atoms with Gasteiger partial charge in [-0.15, -0.1) is 0 Å². The average molecular weight is 212 g/mol. The van der Waals surface area contributed by atoms with Crippen molar-refractivity contribution < 1.29 is 9.53 Å². The van der Waals surface area contributed by atoms with Crippen LogP contribution in [0.15, 0.2) is 12.7 Å². The van der Waals surface area contributed by atoms with Crippen molar-refractivity contribution >= 4 is 5.97 Å². The highest BCUT2D eigenvalue weighted by Gasteiger charge is 2.09. The molecule has 0 N–H and O–H groups in total. The smallest absolute Gasteiger partial charge is 0.330 e. The Kier molecular flexibility index (Phi) is 9.24. The summed E-state index contributed by atoms with van der Waals surface area (Å²) in [5, 5.41) is 0. The highest BCUT2D eigenvalue weighted by atomic mass is 16.5. The first-order chi connectivity index (χ1) is 7.24. The lowest BCUT2D eigenvalue weighted by Crippen LogP contribution is -2.12. The maximum absolute atomic E-state index is 10.9. The van der Waals surface area contributed by atoms with Crippen LogP contribution in [-0.2, 0) is 9.53 Å². The van der Waals surface area contributed by atoms with Gasteiger partial charge in [0.25, 0.3) is 0 Å². The summed E-state index contributed by atoms with van der Waals surface area (Å²) in [6.45, 7) is 8.31. The molecule has 0 aliphatic carbocycles. The Balaban J connectivity index is 3.71. The summed E-state index contributed by atoms with van der Waals surface area (Å²) in [5.74, 6) is 0.233. The molecule has 1 atom stereocenters. The Morgan fingerprint density at radius 3 is 2.53 bits per heavy atom. The van der Waals surface area contributed by atoms with E-state index in [1.54, 1.807) is 0 Å². The molecule has 0 aromatic heterocycles. The Bertz CT molecular complexity index is 175. The maximum Gasteiger partial charge on any atom is 0.330 e. The maximum atomic E-state index is 10.9. The van der Waals surface area contributed by atoms with Crippen LogP contribution in [0.1, 0.15) is 52.4 Å². The second kappa shape index (κ2) is 9.75. The summed E-state index contributed by atoms with van der Waals surface area (Å²) in [6.07, 6.45) is 8.46. The van der Waals surface area contributed by atoms with Gasteiger partial charge >= 0.3 is 5.97 Å². The van der Waals surface area contributed by atoms with Crippen molar-refractivity contribution in [1.29, 1.82) is 0 Å². The van der Waals surface area contributed by atoms with Gasteiger partial charge in [-0.25, -0.2) is 4.79 Å². The topological polar surface area (TPSA) is 26.3 Å². The Labute approximate surface area is 93.7 Å². The Morgan fingerprint density at radius 1 is 1.27 bits per heavy atom. The van der Waals surface area contributed by atoms with Gasteiger partial charge in [0, 0.05) is 6.08 Å². The Morgan fingerprint density at radius 2 is 2.00 bits per heavy atom. The van der Waals surface area contributed by atoms with Crippen molar-refractivity contribution in [2.24, 2.45) is 5.92 Å². The summed E-state index contributed by atoms with van der Waals surface area (Å²) in [7, 11) is 0. The third-order valence-corrected chi connectivity index (χ3v) is 2.54. The molecule has 0 fully saturated rings. The summed E-state index contributed by atoms with van der Waals surface area (Å²) >= 11 is 0. The van der Waals surface area contributed by atoms with E-state index >= 15 is 0 Å². The molecule has 0 aliphatic heterocycles. The number of rotatable bonds is 9. The van der Waals surface area contributed by atoms with Crippen molar-refractivity contribution in [3.63, 3.8) is 0 Å². The highest BCUT2D eigenvalue weighted by Crippen LogP contribution is 2.16. The lowest BCUT2D eigenvalue weighted by atomic mass is 9.97. The standard InChI is InChI=1S/C13H24O2/c1-4-7-8-10-12(9-5-2)11-15-13(14)6-3/h6,12H,3-5,7-11H2,1-2H3. The molecule has 0 aromatic carbocycles. The van der Waals surface area contributed by atoms with Crippen LogP contribution in [0.2, 0.25) is 0 Å². The van der Waals surface area contributed by atoms with Gasteiger partial charge in [-0.2, -0.15) is 0 Å². The van der Waals surface area contributed by atoms with Gasteiger partial charge in [0.1, 0.15) is 0 Å². The number of unbranched alkanes of at least 4 members (excludes halogenated alkanes) is 2. The van der Waals surface area contributed by atoms with Crippen molar-refractivity contribution in [3.8, 4) is 0 Å². The van der Waals surface area contributed by atoms with E-state index in [-0.39, 0.29) is 5.97 Å². The molecule has 0 aliphatic rings. The van der Waals surface area contributed by atoms with Crippen molar-refractivity contribution in [3.05, 3.63) is 12.7 Å². The zero-order valence-corrected chi connectivity index (χ0v) is 10.1. The number of hydrogen-bond acceptors (Lipinski definition) is 2. The second-order valence-electron chi connectivity index (χ2n) is 3.98. The first-order valence-corrected chi connectivity index (χ1v) is 6.03. The van der Waals surface area contributed by atoms with Crippen LogP contribution in [0.3, 0.4) is 0 Å². The molecule has 0 rings (SSSR count). The molecule has 1 unspecified atom stereocenters. The predicted octanol–water partition coefficient (Wildman–Crippen LogP) is 3.71. The molecule has 0 radical (unpaired) electrons. The zero-order valence-electron chi connectivity index (χ0n) is 10.1. The van der Waals surface area contributed by atoms with Gasteiger partial charge in [0.2, 0.25) is 0 Å². The van der Waals surface area contributed by atoms with E-state index in [2.05, 4.69) is 20.4 Å². The number of carbonyl (C=O) groups is 1. The summed E-state index contributed by atoms with van der Waals surface area (Å²) < 4.78 is 5.08. The number of carbonyl (C=O) groups excluding carboxylic acids is 1. The summed E-state index contributed by atoms with van der Waals surface area (Å²) in [4.78, 5) is 10.9. The molecule has 0 saturated carbocycles. The van der Waals surface area contributed by atoms with E-state index in [0.717, 1.165) is 12.8 Å². The van der Waals surface area contributed by atoms with E-state index < -0.39 is 0 Å². The SMILES string of the molecule is C=CC(=O)OCC(CCC)CCCCC. The molecule has 0 aromatic rings. The first-order valence-electron chi connectivity index (χ1n) is 6.03. The molecule has 0 bridgehead atoms. The van der Waals surface area contributed by atoms with Crippen molar-refractivity contribution in [2.75, 3.05) is 6.61 Å². The fourth-order valence-corrected chi connectivity index (χ4v) is 1.66. The fourth-order valence-electron chi connectivity index (χ4n) is 1.66. The molecule has 15 heavy (non-hydrogen) atoms. The minimum Gasteiger partial charge on any atom is -0.462 e. The first kappa shape index (κ1) is 14.2. The lowest BCUT2D eigenvalue weighted by molar-refractivity contribution is -0.139. The van der Waals surface area contributed by atoms with Gasteiger partial charge < -0.3 is 4.74 Å². The number of hydrogen-bond donors (Lipinski definition) is 0. The number of esters is 1. The van der Waals surface area contributed by atoms with Gasteiger partial charge in [-0.05, 0) is 18.8 Å². The van der Waals surface area contributed by atoms with Crippen LogP contribution < -0.4 is 0 Å². The molecule has 2 heteroatoms. The molecule has 0 spiro atoms. The van der Waals surface area contributed by atoms with Crippen LogP contribution in [-0.4, -0.2) is 12.6 Å². The molecule has 2 nitrogen and oxygen atoms in total. The molecular formula is C13H24O2. The largest absolute Gasteiger partial charge is 0.462 e. The average Bonchev–Trinajstić information content (AvgIpc) is 2.25.